The average Bonchev–Trinajstić information content (AvgIpc) is 3.40. The van der Waals surface area contributed by atoms with Crippen LogP contribution in [0, 0.1) is 0 Å². The van der Waals surface area contributed by atoms with Gasteiger partial charge in [0.25, 0.3) is 0 Å². The summed E-state index contributed by atoms with van der Waals surface area (Å²) >= 11 is 18.9. The third-order valence-electron chi connectivity index (χ3n) is 4.37. The highest BCUT2D eigenvalue weighted by Gasteiger charge is 2.11. The first-order chi connectivity index (χ1) is 15.9. The number of halogens is 2. The molecule has 1 amide bonds. The topological polar surface area (TPSA) is 76.4 Å². The fourth-order valence-corrected chi connectivity index (χ4v) is 4.49. The highest BCUT2D eigenvalue weighted by atomic mass is 35.5. The van der Waals surface area contributed by atoms with E-state index < -0.39 is 5.91 Å². The minimum Gasteiger partial charge on any atom is -0.494 e. The molecule has 0 atom stereocenters. The van der Waals surface area contributed by atoms with Crippen LogP contribution in [-0.2, 0) is 4.79 Å². The van der Waals surface area contributed by atoms with E-state index in [9.17, 15) is 4.79 Å². The van der Waals surface area contributed by atoms with Crippen molar-refractivity contribution in [2.45, 2.75) is 6.92 Å². The molecule has 0 radical (unpaired) electrons. The maximum Gasteiger partial charge on any atom is 0.250 e. The predicted octanol–water partition coefficient (Wildman–Crippen LogP) is 6.79. The number of fused-ring (bicyclic) bond motifs is 1. The molecule has 2 heterocycles. The van der Waals surface area contributed by atoms with Gasteiger partial charge in [-0.05, 0) is 67.7 Å². The number of nitrogens with one attached hydrogen (secondary N) is 2. The molecule has 2 aromatic heterocycles. The number of thiocarbonyl (C=S) groups is 1. The van der Waals surface area contributed by atoms with Crippen molar-refractivity contribution in [3.63, 3.8) is 0 Å². The van der Waals surface area contributed by atoms with E-state index in [2.05, 4.69) is 15.6 Å². The number of ether oxygens (including phenoxy) is 1. The van der Waals surface area contributed by atoms with Gasteiger partial charge >= 0.3 is 0 Å². The summed E-state index contributed by atoms with van der Waals surface area (Å²) < 4.78 is 12.2. The van der Waals surface area contributed by atoms with Crippen molar-refractivity contribution in [3.8, 4) is 17.1 Å². The largest absolute Gasteiger partial charge is 0.494 e. The molecule has 10 heteroatoms. The molecule has 0 aliphatic heterocycles. The van der Waals surface area contributed by atoms with Crippen molar-refractivity contribution in [1.82, 2.24) is 10.3 Å². The lowest BCUT2D eigenvalue weighted by Crippen LogP contribution is -2.32. The van der Waals surface area contributed by atoms with Crippen LogP contribution in [0.2, 0.25) is 10.0 Å². The first-order valence-corrected chi connectivity index (χ1v) is 11.8. The molecule has 2 N–H and O–H groups in total. The van der Waals surface area contributed by atoms with E-state index in [0.717, 1.165) is 16.0 Å². The first kappa shape index (κ1) is 23.3. The van der Waals surface area contributed by atoms with E-state index in [1.165, 1.54) is 23.5 Å². The molecule has 0 saturated heterocycles. The number of nitrogens with zero attached hydrogens (tertiary/aromatic N) is 1. The Bertz CT molecular complexity index is 1360. The summed E-state index contributed by atoms with van der Waals surface area (Å²) in [6.07, 6.45) is 2.86. The molecule has 0 aliphatic rings. The van der Waals surface area contributed by atoms with Gasteiger partial charge in [0.15, 0.2) is 10.2 Å². The van der Waals surface area contributed by atoms with E-state index >= 15 is 0 Å². The molecule has 168 valence electrons. The molecular formula is C23H17Cl2N3O3S2. The molecule has 0 saturated carbocycles. The molecule has 2 aromatic carbocycles. The Balaban J connectivity index is 1.36. The van der Waals surface area contributed by atoms with Gasteiger partial charge in [0.05, 0.1) is 26.9 Å². The zero-order chi connectivity index (χ0) is 23.4. The fraction of sp³-hybridized carbons (Fsp3) is 0.0870. The van der Waals surface area contributed by atoms with Crippen LogP contribution in [0.25, 0.3) is 27.6 Å². The Morgan fingerprint density at radius 3 is 2.91 bits per heavy atom. The maximum atomic E-state index is 12.2. The molecule has 4 rings (SSSR count). The number of aromatic nitrogens is 1. The summed E-state index contributed by atoms with van der Waals surface area (Å²) in [5.74, 6) is 1.39. The Hall–Kier alpha value is -2.91. The number of carbonyl (C=O) groups excluding carboxylic acids is 1. The summed E-state index contributed by atoms with van der Waals surface area (Å²) in [4.78, 5) is 16.7. The van der Waals surface area contributed by atoms with Crippen LogP contribution in [0.4, 0.5) is 5.13 Å². The smallest absolute Gasteiger partial charge is 0.250 e. The minimum absolute atomic E-state index is 0.139. The molecule has 0 bridgehead atoms. The summed E-state index contributed by atoms with van der Waals surface area (Å²) in [6.45, 7) is 2.52. The number of hydrogen-bond donors (Lipinski definition) is 2. The fourth-order valence-electron chi connectivity index (χ4n) is 2.94. The van der Waals surface area contributed by atoms with Gasteiger partial charge in [-0.2, -0.15) is 0 Å². The Labute approximate surface area is 209 Å². The second kappa shape index (κ2) is 10.4. The Morgan fingerprint density at radius 2 is 2.09 bits per heavy atom. The van der Waals surface area contributed by atoms with Crippen LogP contribution >= 0.6 is 46.8 Å². The third kappa shape index (κ3) is 5.72. The number of rotatable bonds is 6. The van der Waals surface area contributed by atoms with Gasteiger partial charge in [-0.25, -0.2) is 4.98 Å². The Morgan fingerprint density at radius 1 is 1.24 bits per heavy atom. The van der Waals surface area contributed by atoms with Gasteiger partial charge in [-0.3, -0.25) is 10.1 Å². The Kier molecular flexibility index (Phi) is 7.29. The van der Waals surface area contributed by atoms with Crippen molar-refractivity contribution in [3.05, 3.63) is 70.4 Å². The number of anilines is 1. The lowest BCUT2D eigenvalue weighted by Gasteiger charge is -2.04. The molecule has 6 nitrogen and oxygen atoms in total. The minimum atomic E-state index is -0.411. The number of furan rings is 1. The van der Waals surface area contributed by atoms with Gasteiger partial charge in [-0.1, -0.05) is 40.6 Å². The van der Waals surface area contributed by atoms with Crippen LogP contribution in [0.3, 0.4) is 0 Å². The second-order valence-electron chi connectivity index (χ2n) is 6.66. The van der Waals surface area contributed by atoms with E-state index in [4.69, 9.17) is 44.6 Å². The molecule has 0 unspecified atom stereocenters. The van der Waals surface area contributed by atoms with Gasteiger partial charge < -0.3 is 14.5 Å². The van der Waals surface area contributed by atoms with E-state index in [1.54, 1.807) is 30.3 Å². The summed E-state index contributed by atoms with van der Waals surface area (Å²) in [5.41, 5.74) is 1.48. The maximum absolute atomic E-state index is 12.2. The van der Waals surface area contributed by atoms with E-state index in [0.29, 0.717) is 38.9 Å². The highest BCUT2D eigenvalue weighted by molar-refractivity contribution is 7.80. The number of hydrogen-bond acceptors (Lipinski definition) is 6. The SMILES string of the molecule is CCOc1ccc2nc(NC(=S)NC(=O)C=Cc3ccc(-c4cccc(Cl)c4Cl)o3)sc2c1. The van der Waals surface area contributed by atoms with Crippen molar-refractivity contribution in [2.24, 2.45) is 0 Å². The molecular weight excluding hydrogens is 501 g/mol. The van der Waals surface area contributed by atoms with Crippen molar-refractivity contribution < 1.29 is 13.9 Å². The molecule has 0 aliphatic carbocycles. The first-order valence-electron chi connectivity index (χ1n) is 9.80. The number of carbonyl (C=O) groups is 1. The zero-order valence-corrected chi connectivity index (χ0v) is 20.4. The number of amides is 1. The standard InChI is InChI=1S/C23H17Cl2N3O3S2/c1-2-30-14-6-9-17-19(12-14)33-23(26-17)28-22(32)27-20(29)11-8-13-7-10-18(31-13)15-4-3-5-16(24)21(15)25/h3-12H,2H2,1H3,(H2,26,27,28,29,32). The molecule has 33 heavy (non-hydrogen) atoms. The predicted molar refractivity (Wildman–Crippen MR) is 138 cm³/mol. The molecule has 0 fully saturated rings. The van der Waals surface area contributed by atoms with Crippen LogP contribution in [0.5, 0.6) is 5.75 Å². The van der Waals surface area contributed by atoms with Crippen LogP contribution in [0.15, 0.2) is 59.0 Å². The van der Waals surface area contributed by atoms with Crippen LogP contribution < -0.4 is 15.4 Å². The van der Waals surface area contributed by atoms with Crippen molar-refractivity contribution in [1.29, 1.82) is 0 Å². The highest BCUT2D eigenvalue weighted by Crippen LogP contribution is 2.34. The van der Waals surface area contributed by atoms with Gasteiger partial charge in [0.2, 0.25) is 5.91 Å². The average molecular weight is 518 g/mol. The summed E-state index contributed by atoms with van der Waals surface area (Å²) in [6, 6.07) is 14.4. The lowest BCUT2D eigenvalue weighted by molar-refractivity contribution is -0.115. The second-order valence-corrected chi connectivity index (χ2v) is 8.89. The summed E-state index contributed by atoms with van der Waals surface area (Å²) in [5, 5.41) is 7.07. The van der Waals surface area contributed by atoms with Gasteiger partial charge in [-0.15, -0.1) is 0 Å². The lowest BCUT2D eigenvalue weighted by atomic mass is 10.2. The van der Waals surface area contributed by atoms with Crippen LogP contribution in [0.1, 0.15) is 12.7 Å². The number of benzene rings is 2. The molecule has 0 spiro atoms. The molecule has 4 aromatic rings. The normalized spacial score (nSPS) is 11.1. The third-order valence-corrected chi connectivity index (χ3v) is 6.33. The quantitative estimate of drug-likeness (QED) is 0.216. The van der Waals surface area contributed by atoms with Gasteiger partial charge in [0.1, 0.15) is 17.3 Å². The van der Waals surface area contributed by atoms with E-state index in [1.807, 2.05) is 25.1 Å². The zero-order valence-electron chi connectivity index (χ0n) is 17.2. The van der Waals surface area contributed by atoms with Crippen molar-refractivity contribution in [2.75, 3.05) is 11.9 Å². The number of thiazole rings is 1. The van der Waals surface area contributed by atoms with Crippen LogP contribution in [-0.4, -0.2) is 22.6 Å². The summed E-state index contributed by atoms with van der Waals surface area (Å²) in [7, 11) is 0. The van der Waals surface area contributed by atoms with Gasteiger partial charge in [0, 0.05) is 11.6 Å². The van der Waals surface area contributed by atoms with E-state index in [-0.39, 0.29) is 5.11 Å². The van der Waals surface area contributed by atoms with Crippen molar-refractivity contribution >= 4 is 79.2 Å². The monoisotopic (exact) mass is 517 g/mol.